The summed E-state index contributed by atoms with van der Waals surface area (Å²) < 4.78 is 5.07. The second-order valence-electron chi connectivity index (χ2n) is 5.76. The van der Waals surface area contributed by atoms with Crippen molar-refractivity contribution < 1.29 is 9.32 Å². The van der Waals surface area contributed by atoms with Gasteiger partial charge in [-0.1, -0.05) is 30.5 Å². The summed E-state index contributed by atoms with van der Waals surface area (Å²) in [5.41, 5.74) is 7.79. The van der Waals surface area contributed by atoms with E-state index in [1.54, 1.807) is 0 Å². The molecule has 1 amide bonds. The lowest BCUT2D eigenvalue weighted by Crippen LogP contribution is -2.47. The van der Waals surface area contributed by atoms with Crippen molar-refractivity contribution in [3.8, 4) is 0 Å². The van der Waals surface area contributed by atoms with Crippen LogP contribution in [-0.2, 0) is 4.79 Å². The lowest BCUT2D eigenvalue weighted by Gasteiger charge is -2.33. The monoisotopic (exact) mass is 291 g/mol. The Morgan fingerprint density at radius 1 is 1.52 bits per heavy atom. The highest BCUT2D eigenvalue weighted by molar-refractivity contribution is 5.79. The molecular formula is C16H25N3O2. The summed E-state index contributed by atoms with van der Waals surface area (Å²) in [7, 11) is 0. The van der Waals surface area contributed by atoms with E-state index in [9.17, 15) is 4.79 Å². The SMILES string of the molecule is CCCC[C@H](C(N)=O)N1CCC(=Cc2cc(C)on2)CC1. The molecule has 0 bridgehead atoms. The molecule has 0 radical (unpaired) electrons. The number of nitrogens with two attached hydrogens (primary N) is 1. The number of aryl methyl sites for hydroxylation is 1. The maximum atomic E-state index is 11.6. The molecule has 1 fully saturated rings. The van der Waals surface area contributed by atoms with Crippen molar-refractivity contribution in [2.24, 2.45) is 5.73 Å². The summed E-state index contributed by atoms with van der Waals surface area (Å²) in [5.74, 6) is 0.635. The third-order valence-electron chi connectivity index (χ3n) is 4.04. The first-order valence-corrected chi connectivity index (χ1v) is 7.76. The van der Waals surface area contributed by atoms with Crippen molar-refractivity contribution in [1.82, 2.24) is 10.1 Å². The Labute approximate surface area is 126 Å². The number of piperidine rings is 1. The minimum absolute atomic E-state index is 0.110. The van der Waals surface area contributed by atoms with Crippen molar-refractivity contribution in [3.63, 3.8) is 0 Å². The molecule has 0 unspecified atom stereocenters. The van der Waals surface area contributed by atoms with Crippen LogP contribution >= 0.6 is 0 Å². The predicted octanol–water partition coefficient (Wildman–Crippen LogP) is 2.51. The van der Waals surface area contributed by atoms with Crippen LogP contribution in [0.25, 0.3) is 6.08 Å². The van der Waals surface area contributed by atoms with Gasteiger partial charge in [0, 0.05) is 19.2 Å². The topological polar surface area (TPSA) is 72.4 Å². The van der Waals surface area contributed by atoms with Crippen molar-refractivity contribution in [2.45, 2.75) is 52.0 Å². The summed E-state index contributed by atoms with van der Waals surface area (Å²) in [6.07, 6.45) is 7.02. The number of hydrogen-bond acceptors (Lipinski definition) is 4. The Morgan fingerprint density at radius 3 is 2.76 bits per heavy atom. The van der Waals surface area contributed by atoms with E-state index in [1.165, 1.54) is 5.57 Å². The molecule has 1 saturated heterocycles. The highest BCUT2D eigenvalue weighted by Crippen LogP contribution is 2.22. The van der Waals surface area contributed by atoms with E-state index in [1.807, 2.05) is 13.0 Å². The molecule has 1 aromatic rings. The Hall–Kier alpha value is -1.62. The van der Waals surface area contributed by atoms with Crippen molar-refractivity contribution in [2.75, 3.05) is 13.1 Å². The number of amides is 1. The first-order valence-electron chi connectivity index (χ1n) is 7.76. The summed E-state index contributed by atoms with van der Waals surface area (Å²) in [6, 6.07) is 1.83. The normalized spacial score (nSPS) is 17.7. The van der Waals surface area contributed by atoms with Crippen LogP contribution in [0.2, 0.25) is 0 Å². The van der Waals surface area contributed by atoms with Crippen LogP contribution in [0, 0.1) is 6.92 Å². The van der Waals surface area contributed by atoms with Gasteiger partial charge in [0.2, 0.25) is 5.91 Å². The van der Waals surface area contributed by atoms with Crippen LogP contribution in [0.15, 0.2) is 16.2 Å². The van der Waals surface area contributed by atoms with Gasteiger partial charge in [-0.25, -0.2) is 0 Å². The molecule has 1 aromatic heterocycles. The van der Waals surface area contributed by atoms with E-state index in [0.717, 1.165) is 56.6 Å². The van der Waals surface area contributed by atoms with Gasteiger partial charge in [-0.3, -0.25) is 9.69 Å². The molecule has 5 heteroatoms. The average molecular weight is 291 g/mol. The van der Waals surface area contributed by atoms with Gasteiger partial charge in [0.25, 0.3) is 0 Å². The minimum atomic E-state index is -0.192. The minimum Gasteiger partial charge on any atom is -0.368 e. The molecule has 21 heavy (non-hydrogen) atoms. The second-order valence-corrected chi connectivity index (χ2v) is 5.76. The van der Waals surface area contributed by atoms with Gasteiger partial charge in [-0.15, -0.1) is 0 Å². The van der Waals surface area contributed by atoms with Gasteiger partial charge in [-0.05, 0) is 32.3 Å². The van der Waals surface area contributed by atoms with Gasteiger partial charge in [0.1, 0.15) is 11.5 Å². The molecule has 1 aliphatic rings. The zero-order chi connectivity index (χ0) is 15.2. The molecule has 1 atom stereocenters. The molecule has 0 saturated carbocycles. The predicted molar refractivity (Wildman–Crippen MR) is 82.5 cm³/mol. The van der Waals surface area contributed by atoms with E-state index in [4.69, 9.17) is 10.3 Å². The van der Waals surface area contributed by atoms with E-state index in [2.05, 4.69) is 23.1 Å². The summed E-state index contributed by atoms with van der Waals surface area (Å²) >= 11 is 0. The van der Waals surface area contributed by atoms with Crippen LogP contribution in [0.1, 0.15) is 50.5 Å². The fourth-order valence-electron chi connectivity index (χ4n) is 2.83. The van der Waals surface area contributed by atoms with Crippen LogP contribution in [0.4, 0.5) is 0 Å². The fourth-order valence-corrected chi connectivity index (χ4v) is 2.83. The highest BCUT2D eigenvalue weighted by atomic mass is 16.5. The lowest BCUT2D eigenvalue weighted by atomic mass is 9.99. The lowest BCUT2D eigenvalue weighted by molar-refractivity contribution is -0.123. The number of unbranched alkanes of at least 4 members (excludes halogenated alkanes) is 1. The second kappa shape index (κ2) is 7.41. The van der Waals surface area contributed by atoms with Gasteiger partial charge in [0.15, 0.2) is 0 Å². The molecule has 5 nitrogen and oxygen atoms in total. The third kappa shape index (κ3) is 4.43. The van der Waals surface area contributed by atoms with Crippen molar-refractivity contribution in [1.29, 1.82) is 0 Å². The maximum absolute atomic E-state index is 11.6. The molecule has 0 spiro atoms. The van der Waals surface area contributed by atoms with Gasteiger partial charge in [-0.2, -0.15) is 0 Å². The Bertz CT molecular complexity index is 497. The Morgan fingerprint density at radius 2 is 2.24 bits per heavy atom. The molecule has 2 heterocycles. The molecule has 0 aliphatic carbocycles. The van der Waals surface area contributed by atoms with E-state index >= 15 is 0 Å². The molecule has 1 aliphatic heterocycles. The largest absolute Gasteiger partial charge is 0.368 e. The van der Waals surface area contributed by atoms with Crippen LogP contribution in [-0.4, -0.2) is 35.1 Å². The molecule has 2 N–H and O–H groups in total. The number of nitrogens with zero attached hydrogens (tertiary/aromatic N) is 2. The van der Waals surface area contributed by atoms with E-state index in [-0.39, 0.29) is 11.9 Å². The average Bonchev–Trinajstić information content (AvgIpc) is 2.86. The smallest absolute Gasteiger partial charge is 0.234 e. The van der Waals surface area contributed by atoms with Crippen LogP contribution < -0.4 is 5.73 Å². The summed E-state index contributed by atoms with van der Waals surface area (Å²) in [5, 5.41) is 3.99. The first kappa shape index (κ1) is 15.8. The van der Waals surface area contributed by atoms with Crippen LogP contribution in [0.3, 0.4) is 0 Å². The fraction of sp³-hybridized carbons (Fsp3) is 0.625. The zero-order valence-electron chi connectivity index (χ0n) is 13.0. The number of carbonyl (C=O) groups excluding carboxylic acids is 1. The Balaban J connectivity index is 1.92. The first-order chi connectivity index (χ1) is 10.1. The summed E-state index contributed by atoms with van der Waals surface area (Å²) in [4.78, 5) is 13.8. The summed E-state index contributed by atoms with van der Waals surface area (Å²) in [6.45, 7) is 5.80. The van der Waals surface area contributed by atoms with E-state index < -0.39 is 0 Å². The molecule has 2 rings (SSSR count). The van der Waals surface area contributed by atoms with Crippen molar-refractivity contribution >= 4 is 12.0 Å². The number of primary amides is 1. The van der Waals surface area contributed by atoms with Crippen molar-refractivity contribution in [3.05, 3.63) is 23.1 Å². The zero-order valence-corrected chi connectivity index (χ0v) is 13.0. The number of aromatic nitrogens is 1. The number of hydrogen-bond donors (Lipinski definition) is 1. The number of rotatable bonds is 6. The third-order valence-corrected chi connectivity index (χ3v) is 4.04. The number of carbonyl (C=O) groups is 1. The Kier molecular flexibility index (Phi) is 5.56. The molecule has 116 valence electrons. The standard InChI is InChI=1S/C16H25N3O2/c1-3-4-5-15(16(17)20)19-8-6-13(7-9-19)11-14-10-12(2)21-18-14/h10-11,15H,3-9H2,1-2H3,(H2,17,20)/t15-/m1/s1. The molecule has 0 aromatic carbocycles. The quantitative estimate of drug-likeness (QED) is 0.874. The van der Waals surface area contributed by atoms with E-state index in [0.29, 0.717) is 0 Å². The highest BCUT2D eigenvalue weighted by Gasteiger charge is 2.25. The van der Waals surface area contributed by atoms with Gasteiger partial charge < -0.3 is 10.3 Å². The van der Waals surface area contributed by atoms with Gasteiger partial charge in [0.05, 0.1) is 6.04 Å². The van der Waals surface area contributed by atoms with Gasteiger partial charge >= 0.3 is 0 Å². The molecular weight excluding hydrogens is 266 g/mol. The maximum Gasteiger partial charge on any atom is 0.234 e. The number of likely N-dealkylation sites (tertiary alicyclic amines) is 1. The van der Waals surface area contributed by atoms with Crippen LogP contribution in [0.5, 0.6) is 0 Å².